The summed E-state index contributed by atoms with van der Waals surface area (Å²) in [5, 5.41) is 11.8. The molecule has 1 saturated heterocycles. The maximum Gasteiger partial charge on any atom is 0.115 e. The van der Waals surface area contributed by atoms with E-state index in [-0.39, 0.29) is 0 Å². The van der Waals surface area contributed by atoms with Gasteiger partial charge < -0.3 is 5.11 Å². The molecule has 0 amide bonds. The first-order chi connectivity index (χ1) is 7.33. The second-order valence-corrected chi connectivity index (χ2v) is 4.49. The van der Waals surface area contributed by atoms with Crippen LogP contribution in [0.25, 0.3) is 0 Å². The van der Waals surface area contributed by atoms with Gasteiger partial charge in [-0.05, 0) is 37.0 Å². The molecule has 3 heteroatoms. The molecule has 1 aliphatic carbocycles. The van der Waals surface area contributed by atoms with E-state index in [0.29, 0.717) is 11.8 Å². The standard InChI is InChI=1S/C12H16N2O/c15-11-3-1-2-9(8-11)12-6-7-14(13-12)10-4-5-10/h1-3,8,10,12-13,15H,4-7H2. The van der Waals surface area contributed by atoms with Crippen LogP contribution in [0.1, 0.15) is 30.9 Å². The van der Waals surface area contributed by atoms with Gasteiger partial charge in [-0.25, -0.2) is 10.4 Å². The molecule has 3 nitrogen and oxygen atoms in total. The van der Waals surface area contributed by atoms with Crippen LogP contribution in [-0.4, -0.2) is 22.7 Å². The summed E-state index contributed by atoms with van der Waals surface area (Å²) in [6.45, 7) is 1.13. The third-order valence-corrected chi connectivity index (χ3v) is 3.24. The van der Waals surface area contributed by atoms with E-state index in [2.05, 4.69) is 16.5 Å². The maximum absolute atomic E-state index is 9.42. The minimum absolute atomic E-state index is 0.360. The second-order valence-electron chi connectivity index (χ2n) is 4.49. The largest absolute Gasteiger partial charge is 0.508 e. The molecule has 0 spiro atoms. The van der Waals surface area contributed by atoms with E-state index in [1.54, 1.807) is 6.07 Å². The minimum atomic E-state index is 0.360. The Morgan fingerprint density at radius 2 is 2.13 bits per heavy atom. The highest BCUT2D eigenvalue weighted by molar-refractivity contribution is 5.29. The molecule has 2 N–H and O–H groups in total. The summed E-state index contributed by atoms with van der Waals surface area (Å²) in [5.41, 5.74) is 4.71. The number of rotatable bonds is 2. The lowest BCUT2D eigenvalue weighted by molar-refractivity contribution is 0.225. The molecule has 1 aliphatic heterocycles. The zero-order valence-electron chi connectivity index (χ0n) is 8.69. The molecule has 1 aromatic rings. The van der Waals surface area contributed by atoms with Gasteiger partial charge in [0.05, 0.1) is 0 Å². The molecule has 15 heavy (non-hydrogen) atoms. The predicted molar refractivity (Wildman–Crippen MR) is 58.3 cm³/mol. The average molecular weight is 204 g/mol. The van der Waals surface area contributed by atoms with Gasteiger partial charge in [-0.15, -0.1) is 0 Å². The Hall–Kier alpha value is -1.06. The van der Waals surface area contributed by atoms with Gasteiger partial charge in [-0.1, -0.05) is 12.1 Å². The Kier molecular flexibility index (Phi) is 2.15. The molecule has 1 atom stereocenters. The van der Waals surface area contributed by atoms with E-state index >= 15 is 0 Å². The summed E-state index contributed by atoms with van der Waals surface area (Å²) in [7, 11) is 0. The van der Waals surface area contributed by atoms with E-state index in [1.165, 1.54) is 18.4 Å². The Bertz CT molecular complexity index is 362. The molecule has 1 unspecified atom stereocenters. The van der Waals surface area contributed by atoms with Crippen molar-refractivity contribution in [2.75, 3.05) is 6.54 Å². The van der Waals surface area contributed by atoms with Gasteiger partial charge in [0.2, 0.25) is 0 Å². The van der Waals surface area contributed by atoms with Crippen LogP contribution in [0.4, 0.5) is 0 Å². The fraction of sp³-hybridized carbons (Fsp3) is 0.500. The molecule has 1 saturated carbocycles. The Balaban J connectivity index is 1.72. The number of aromatic hydroxyl groups is 1. The van der Waals surface area contributed by atoms with Crippen molar-refractivity contribution >= 4 is 0 Å². The third kappa shape index (κ3) is 1.85. The van der Waals surface area contributed by atoms with Crippen molar-refractivity contribution < 1.29 is 5.11 Å². The van der Waals surface area contributed by atoms with Gasteiger partial charge in [-0.2, -0.15) is 0 Å². The van der Waals surface area contributed by atoms with Crippen molar-refractivity contribution in [2.45, 2.75) is 31.3 Å². The van der Waals surface area contributed by atoms with Crippen molar-refractivity contribution in [2.24, 2.45) is 0 Å². The summed E-state index contributed by atoms with van der Waals surface area (Å²) in [5.74, 6) is 0.360. The molecule has 2 aliphatic rings. The molecule has 80 valence electrons. The first kappa shape index (κ1) is 9.19. The first-order valence-corrected chi connectivity index (χ1v) is 5.65. The Morgan fingerprint density at radius 1 is 1.27 bits per heavy atom. The number of hydrogen-bond donors (Lipinski definition) is 2. The summed E-state index contributed by atoms with van der Waals surface area (Å²) < 4.78 is 0. The SMILES string of the molecule is Oc1cccc(C2CCN(C3CC3)N2)c1. The molecular weight excluding hydrogens is 188 g/mol. The number of hydrogen-bond acceptors (Lipinski definition) is 3. The Labute approximate surface area is 89.7 Å². The third-order valence-electron chi connectivity index (χ3n) is 3.24. The molecule has 0 bridgehead atoms. The zero-order valence-corrected chi connectivity index (χ0v) is 8.69. The fourth-order valence-corrected chi connectivity index (χ4v) is 2.25. The van der Waals surface area contributed by atoms with E-state index in [9.17, 15) is 5.11 Å². The zero-order chi connectivity index (χ0) is 10.3. The molecular formula is C12H16N2O. The molecule has 3 rings (SSSR count). The summed E-state index contributed by atoms with van der Waals surface area (Å²) in [6.07, 6.45) is 3.81. The van der Waals surface area contributed by atoms with Gasteiger partial charge in [0.25, 0.3) is 0 Å². The van der Waals surface area contributed by atoms with E-state index in [4.69, 9.17) is 0 Å². The average Bonchev–Trinajstić information content (AvgIpc) is 2.97. The van der Waals surface area contributed by atoms with Gasteiger partial charge in [-0.3, -0.25) is 0 Å². The molecule has 0 radical (unpaired) electrons. The van der Waals surface area contributed by atoms with E-state index < -0.39 is 0 Å². The summed E-state index contributed by atoms with van der Waals surface area (Å²) >= 11 is 0. The van der Waals surface area contributed by atoms with E-state index in [0.717, 1.165) is 19.0 Å². The lowest BCUT2D eigenvalue weighted by Crippen LogP contribution is -2.33. The lowest BCUT2D eigenvalue weighted by Gasteiger charge is -2.17. The van der Waals surface area contributed by atoms with Gasteiger partial charge in [0.1, 0.15) is 5.75 Å². The highest BCUT2D eigenvalue weighted by Gasteiger charge is 2.34. The minimum Gasteiger partial charge on any atom is -0.508 e. The normalized spacial score (nSPS) is 27.1. The molecule has 1 heterocycles. The summed E-state index contributed by atoms with van der Waals surface area (Å²) in [6, 6.07) is 8.72. The fourth-order valence-electron chi connectivity index (χ4n) is 2.25. The number of hydrazine groups is 1. The van der Waals surface area contributed by atoms with Crippen molar-refractivity contribution in [3.8, 4) is 5.75 Å². The van der Waals surface area contributed by atoms with Crippen LogP contribution in [0.3, 0.4) is 0 Å². The second kappa shape index (κ2) is 3.51. The predicted octanol–water partition coefficient (Wildman–Crippen LogP) is 1.81. The topological polar surface area (TPSA) is 35.5 Å². The molecule has 0 aromatic heterocycles. The van der Waals surface area contributed by atoms with Crippen LogP contribution >= 0.6 is 0 Å². The van der Waals surface area contributed by atoms with Gasteiger partial charge >= 0.3 is 0 Å². The van der Waals surface area contributed by atoms with Crippen LogP contribution < -0.4 is 5.43 Å². The van der Waals surface area contributed by atoms with Crippen molar-refractivity contribution in [3.63, 3.8) is 0 Å². The molecule has 2 fully saturated rings. The Morgan fingerprint density at radius 3 is 2.87 bits per heavy atom. The van der Waals surface area contributed by atoms with Gasteiger partial charge in [0, 0.05) is 18.6 Å². The number of phenols is 1. The van der Waals surface area contributed by atoms with Crippen LogP contribution in [0.5, 0.6) is 5.75 Å². The quantitative estimate of drug-likeness (QED) is 0.771. The van der Waals surface area contributed by atoms with E-state index in [1.807, 2.05) is 12.1 Å². The van der Waals surface area contributed by atoms with Crippen LogP contribution in [0.2, 0.25) is 0 Å². The first-order valence-electron chi connectivity index (χ1n) is 5.65. The maximum atomic E-state index is 9.42. The summed E-state index contributed by atoms with van der Waals surface area (Å²) in [4.78, 5) is 0. The number of nitrogens with one attached hydrogen (secondary N) is 1. The van der Waals surface area contributed by atoms with Crippen LogP contribution in [0.15, 0.2) is 24.3 Å². The highest BCUT2D eigenvalue weighted by atomic mass is 16.3. The number of benzene rings is 1. The monoisotopic (exact) mass is 204 g/mol. The van der Waals surface area contributed by atoms with Gasteiger partial charge in [0.15, 0.2) is 0 Å². The highest BCUT2D eigenvalue weighted by Crippen LogP contribution is 2.32. The van der Waals surface area contributed by atoms with Crippen LogP contribution in [-0.2, 0) is 0 Å². The smallest absolute Gasteiger partial charge is 0.115 e. The van der Waals surface area contributed by atoms with Crippen molar-refractivity contribution in [1.29, 1.82) is 0 Å². The van der Waals surface area contributed by atoms with Crippen molar-refractivity contribution in [3.05, 3.63) is 29.8 Å². The van der Waals surface area contributed by atoms with Crippen molar-refractivity contribution in [1.82, 2.24) is 10.4 Å². The molecule has 1 aromatic carbocycles. The lowest BCUT2D eigenvalue weighted by atomic mass is 10.1. The number of phenolic OH excluding ortho intramolecular Hbond substituents is 1. The van der Waals surface area contributed by atoms with Crippen LogP contribution in [0, 0.1) is 0 Å². The number of nitrogens with zero attached hydrogens (tertiary/aromatic N) is 1.